The summed E-state index contributed by atoms with van der Waals surface area (Å²) in [7, 11) is 0. The fourth-order valence-corrected chi connectivity index (χ4v) is 3.37. The minimum absolute atomic E-state index is 0.0839. The molecule has 0 aromatic carbocycles. The van der Waals surface area contributed by atoms with E-state index in [1.54, 1.807) is 0 Å². The van der Waals surface area contributed by atoms with Crippen molar-refractivity contribution in [2.45, 2.75) is 52.5 Å². The van der Waals surface area contributed by atoms with Gasteiger partial charge in [0, 0.05) is 13.1 Å². The van der Waals surface area contributed by atoms with E-state index >= 15 is 0 Å². The van der Waals surface area contributed by atoms with Crippen molar-refractivity contribution >= 4 is 5.91 Å². The van der Waals surface area contributed by atoms with Crippen LogP contribution in [0.5, 0.6) is 0 Å². The minimum atomic E-state index is 0.0839. The molecular weight excluding hydrogens is 224 g/mol. The number of likely N-dealkylation sites (tertiary alicyclic amines) is 1. The summed E-state index contributed by atoms with van der Waals surface area (Å²) < 4.78 is 0. The largest absolute Gasteiger partial charge is 0.341 e. The summed E-state index contributed by atoms with van der Waals surface area (Å²) in [4.78, 5) is 14.6. The van der Waals surface area contributed by atoms with E-state index in [1.807, 2.05) is 0 Å². The summed E-state index contributed by atoms with van der Waals surface area (Å²) in [5.74, 6) is 2.41. The Morgan fingerprint density at radius 2 is 2.00 bits per heavy atom. The first kappa shape index (κ1) is 13.9. The van der Waals surface area contributed by atoms with E-state index in [0.717, 1.165) is 37.9 Å². The fraction of sp³-hybridized carbons (Fsp3) is 0.933. The summed E-state index contributed by atoms with van der Waals surface area (Å²) >= 11 is 0. The molecular formula is C15H28N2O. The van der Waals surface area contributed by atoms with Crippen molar-refractivity contribution in [1.29, 1.82) is 0 Å². The molecule has 2 saturated heterocycles. The second-order valence-electron chi connectivity index (χ2n) is 6.46. The second-order valence-corrected chi connectivity index (χ2v) is 6.46. The molecule has 1 amide bonds. The van der Waals surface area contributed by atoms with Gasteiger partial charge in [0.05, 0.1) is 6.04 Å². The normalized spacial score (nSPS) is 33.8. The summed E-state index contributed by atoms with van der Waals surface area (Å²) in [6.07, 6.45) is 4.79. The number of carbonyl (C=O) groups excluding carboxylic acids is 1. The van der Waals surface area contributed by atoms with Crippen LogP contribution in [0.2, 0.25) is 0 Å². The Morgan fingerprint density at radius 1 is 1.22 bits per heavy atom. The molecule has 0 radical (unpaired) electrons. The number of amides is 1. The zero-order chi connectivity index (χ0) is 13.1. The van der Waals surface area contributed by atoms with E-state index < -0.39 is 0 Å². The maximum Gasteiger partial charge on any atom is 0.239 e. The number of rotatable bonds is 2. The van der Waals surface area contributed by atoms with Crippen LogP contribution in [-0.4, -0.2) is 36.5 Å². The minimum Gasteiger partial charge on any atom is -0.341 e. The zero-order valence-electron chi connectivity index (χ0n) is 12.1. The van der Waals surface area contributed by atoms with Crippen LogP contribution in [0, 0.1) is 17.8 Å². The van der Waals surface area contributed by atoms with E-state index in [1.165, 1.54) is 19.3 Å². The average molecular weight is 252 g/mol. The maximum absolute atomic E-state index is 12.5. The van der Waals surface area contributed by atoms with Gasteiger partial charge >= 0.3 is 0 Å². The van der Waals surface area contributed by atoms with E-state index in [4.69, 9.17) is 0 Å². The Bertz CT molecular complexity index is 290. The second kappa shape index (κ2) is 6.05. The Kier molecular flexibility index (Phi) is 4.66. The third-order valence-corrected chi connectivity index (χ3v) is 4.83. The lowest BCUT2D eigenvalue weighted by molar-refractivity contribution is -0.133. The first-order valence-corrected chi connectivity index (χ1v) is 7.61. The Hall–Kier alpha value is -0.570. The van der Waals surface area contributed by atoms with Crippen molar-refractivity contribution in [3.05, 3.63) is 0 Å². The van der Waals surface area contributed by atoms with Gasteiger partial charge in [0.2, 0.25) is 5.91 Å². The molecule has 2 rings (SSSR count). The van der Waals surface area contributed by atoms with Gasteiger partial charge in [-0.05, 0) is 50.0 Å². The van der Waals surface area contributed by atoms with Crippen LogP contribution in [0.25, 0.3) is 0 Å². The summed E-state index contributed by atoms with van der Waals surface area (Å²) in [5, 5.41) is 3.37. The Labute approximate surface area is 111 Å². The van der Waals surface area contributed by atoms with E-state index in [-0.39, 0.29) is 6.04 Å². The van der Waals surface area contributed by atoms with E-state index in [2.05, 4.69) is 31.0 Å². The molecule has 1 N–H and O–H groups in total. The Morgan fingerprint density at radius 3 is 2.61 bits per heavy atom. The molecule has 0 aromatic heterocycles. The molecule has 3 nitrogen and oxygen atoms in total. The van der Waals surface area contributed by atoms with Gasteiger partial charge in [-0.1, -0.05) is 20.8 Å². The molecule has 0 bridgehead atoms. The van der Waals surface area contributed by atoms with Crippen molar-refractivity contribution in [2.75, 3.05) is 19.6 Å². The van der Waals surface area contributed by atoms with Crippen LogP contribution >= 0.6 is 0 Å². The number of nitrogens with one attached hydrogen (secondary N) is 1. The molecule has 3 atom stereocenters. The quantitative estimate of drug-likeness (QED) is 0.817. The highest BCUT2D eigenvalue weighted by atomic mass is 16.2. The summed E-state index contributed by atoms with van der Waals surface area (Å²) in [6.45, 7) is 9.74. The first-order chi connectivity index (χ1) is 8.59. The van der Waals surface area contributed by atoms with Crippen LogP contribution < -0.4 is 5.32 Å². The van der Waals surface area contributed by atoms with E-state index in [9.17, 15) is 4.79 Å². The van der Waals surface area contributed by atoms with Gasteiger partial charge in [0.15, 0.2) is 0 Å². The van der Waals surface area contributed by atoms with Crippen LogP contribution in [0.1, 0.15) is 46.5 Å². The van der Waals surface area contributed by atoms with Crippen molar-refractivity contribution in [1.82, 2.24) is 10.2 Å². The topological polar surface area (TPSA) is 32.3 Å². The lowest BCUT2D eigenvalue weighted by atomic mass is 9.89. The summed E-state index contributed by atoms with van der Waals surface area (Å²) in [5.41, 5.74) is 0. The van der Waals surface area contributed by atoms with Crippen LogP contribution in [0.3, 0.4) is 0 Å². The number of nitrogens with zero attached hydrogens (tertiary/aromatic N) is 1. The predicted octanol–water partition coefficient (Wildman–Crippen LogP) is 2.27. The predicted molar refractivity (Wildman–Crippen MR) is 74.3 cm³/mol. The fourth-order valence-electron chi connectivity index (χ4n) is 3.37. The van der Waals surface area contributed by atoms with Crippen molar-refractivity contribution in [3.8, 4) is 0 Å². The molecule has 3 heteroatoms. The molecule has 2 heterocycles. The standard InChI is InChI=1S/C15H28N2O/c1-11(2)13-5-4-9-17(10-7-13)15(18)14-12(3)6-8-16-14/h11-14,16H,4-10H2,1-3H3. The molecule has 2 aliphatic rings. The number of carbonyl (C=O) groups is 1. The third kappa shape index (κ3) is 3.05. The van der Waals surface area contributed by atoms with Gasteiger partial charge in [-0.25, -0.2) is 0 Å². The highest BCUT2D eigenvalue weighted by Gasteiger charge is 2.33. The first-order valence-electron chi connectivity index (χ1n) is 7.61. The van der Waals surface area contributed by atoms with E-state index in [0.29, 0.717) is 11.8 Å². The molecule has 0 aliphatic carbocycles. The lowest BCUT2D eigenvalue weighted by Gasteiger charge is -2.26. The van der Waals surface area contributed by atoms with Crippen molar-refractivity contribution in [2.24, 2.45) is 17.8 Å². The number of hydrogen-bond acceptors (Lipinski definition) is 2. The molecule has 0 aromatic rings. The van der Waals surface area contributed by atoms with Gasteiger partial charge in [0.25, 0.3) is 0 Å². The highest BCUT2D eigenvalue weighted by molar-refractivity contribution is 5.82. The monoisotopic (exact) mass is 252 g/mol. The SMILES string of the molecule is CC(C)C1CCCN(C(=O)C2NCCC2C)CC1. The van der Waals surface area contributed by atoms with Gasteiger partial charge in [-0.15, -0.1) is 0 Å². The molecule has 18 heavy (non-hydrogen) atoms. The summed E-state index contributed by atoms with van der Waals surface area (Å²) in [6, 6.07) is 0.0839. The molecule has 3 unspecified atom stereocenters. The lowest BCUT2D eigenvalue weighted by Crippen LogP contribution is -2.46. The highest BCUT2D eigenvalue weighted by Crippen LogP contribution is 2.26. The molecule has 0 saturated carbocycles. The smallest absolute Gasteiger partial charge is 0.239 e. The van der Waals surface area contributed by atoms with Gasteiger partial charge in [0.1, 0.15) is 0 Å². The zero-order valence-corrected chi connectivity index (χ0v) is 12.1. The maximum atomic E-state index is 12.5. The molecule has 2 fully saturated rings. The third-order valence-electron chi connectivity index (χ3n) is 4.83. The molecule has 0 spiro atoms. The van der Waals surface area contributed by atoms with Crippen LogP contribution in [-0.2, 0) is 4.79 Å². The molecule has 2 aliphatic heterocycles. The van der Waals surface area contributed by atoms with Crippen LogP contribution in [0.15, 0.2) is 0 Å². The molecule has 104 valence electrons. The van der Waals surface area contributed by atoms with Crippen LogP contribution in [0.4, 0.5) is 0 Å². The van der Waals surface area contributed by atoms with Crippen molar-refractivity contribution < 1.29 is 4.79 Å². The van der Waals surface area contributed by atoms with Gasteiger partial charge in [-0.2, -0.15) is 0 Å². The Balaban J connectivity index is 1.91. The average Bonchev–Trinajstić information content (AvgIpc) is 2.63. The van der Waals surface area contributed by atoms with Crippen molar-refractivity contribution in [3.63, 3.8) is 0 Å². The number of hydrogen-bond donors (Lipinski definition) is 1. The van der Waals surface area contributed by atoms with Gasteiger partial charge in [-0.3, -0.25) is 4.79 Å². The van der Waals surface area contributed by atoms with Gasteiger partial charge < -0.3 is 10.2 Å².